The van der Waals surface area contributed by atoms with Crippen molar-refractivity contribution < 1.29 is 4.79 Å². The maximum absolute atomic E-state index is 10.1. The van der Waals surface area contributed by atoms with Crippen molar-refractivity contribution in [3.8, 4) is 0 Å². The van der Waals surface area contributed by atoms with E-state index in [4.69, 9.17) is 5.73 Å². The van der Waals surface area contributed by atoms with E-state index in [2.05, 4.69) is 13.8 Å². The Labute approximate surface area is 62.8 Å². The number of carbonyl (C=O) groups excluding carboxylic acids is 1. The Morgan fingerprint density at radius 3 is 2.40 bits per heavy atom. The first-order valence-electron chi connectivity index (χ1n) is 3.87. The van der Waals surface area contributed by atoms with Crippen LogP contribution in [0.25, 0.3) is 0 Å². The van der Waals surface area contributed by atoms with Crippen LogP contribution in [0, 0.1) is 5.92 Å². The lowest BCUT2D eigenvalue weighted by Gasteiger charge is -2.05. The van der Waals surface area contributed by atoms with Gasteiger partial charge < -0.3 is 10.5 Å². The molecule has 0 fully saturated rings. The van der Waals surface area contributed by atoms with E-state index in [0.717, 1.165) is 25.0 Å². The molecule has 0 amide bonds. The van der Waals surface area contributed by atoms with E-state index in [1.165, 1.54) is 6.42 Å². The molecule has 1 atom stereocenters. The molecule has 0 aliphatic heterocycles. The van der Waals surface area contributed by atoms with Crippen LogP contribution < -0.4 is 5.73 Å². The van der Waals surface area contributed by atoms with Gasteiger partial charge in [0.25, 0.3) is 0 Å². The molecule has 0 spiro atoms. The third kappa shape index (κ3) is 5.76. The fraction of sp³-hybridized carbons (Fsp3) is 0.875. The van der Waals surface area contributed by atoms with Crippen LogP contribution in [0.4, 0.5) is 0 Å². The number of rotatable bonds is 5. The zero-order chi connectivity index (χ0) is 7.98. The van der Waals surface area contributed by atoms with E-state index in [1.807, 2.05) is 0 Å². The van der Waals surface area contributed by atoms with Gasteiger partial charge in [-0.15, -0.1) is 0 Å². The molecule has 0 rings (SSSR count). The van der Waals surface area contributed by atoms with Gasteiger partial charge in [0.05, 0.1) is 6.04 Å². The second-order valence-corrected chi connectivity index (χ2v) is 3.12. The minimum atomic E-state index is -0.237. The molecule has 0 aliphatic rings. The zero-order valence-corrected chi connectivity index (χ0v) is 6.84. The third-order valence-electron chi connectivity index (χ3n) is 1.49. The SMILES string of the molecule is CC(C)CCC[C@H](N)C=O. The number of nitrogens with two attached hydrogens (primary N) is 1. The Hall–Kier alpha value is -0.370. The molecule has 0 aromatic rings. The quantitative estimate of drug-likeness (QED) is 0.590. The molecule has 0 saturated carbocycles. The van der Waals surface area contributed by atoms with E-state index in [-0.39, 0.29) is 6.04 Å². The molecule has 0 aromatic carbocycles. The Bertz CT molecular complexity index is 91.3. The molecule has 0 aliphatic carbocycles. The number of carbonyl (C=O) groups is 1. The van der Waals surface area contributed by atoms with Crippen LogP contribution in [-0.4, -0.2) is 12.3 Å². The summed E-state index contributed by atoms with van der Waals surface area (Å²) in [6, 6.07) is -0.237. The second-order valence-electron chi connectivity index (χ2n) is 3.12. The van der Waals surface area contributed by atoms with Crippen molar-refractivity contribution in [3.05, 3.63) is 0 Å². The summed E-state index contributed by atoms with van der Waals surface area (Å²) in [4.78, 5) is 10.1. The lowest BCUT2D eigenvalue weighted by Crippen LogP contribution is -2.20. The van der Waals surface area contributed by atoms with Gasteiger partial charge >= 0.3 is 0 Å². The molecule has 2 heteroatoms. The molecule has 2 N–H and O–H groups in total. The summed E-state index contributed by atoms with van der Waals surface area (Å²) in [6.45, 7) is 4.35. The highest BCUT2D eigenvalue weighted by Gasteiger charge is 1.99. The van der Waals surface area contributed by atoms with Crippen molar-refractivity contribution in [3.63, 3.8) is 0 Å². The number of hydrogen-bond donors (Lipinski definition) is 1. The summed E-state index contributed by atoms with van der Waals surface area (Å²) in [7, 11) is 0. The molecule has 0 bridgehead atoms. The molecule has 10 heavy (non-hydrogen) atoms. The molecule has 0 aromatic heterocycles. The smallest absolute Gasteiger partial charge is 0.136 e. The number of hydrogen-bond acceptors (Lipinski definition) is 2. The Morgan fingerprint density at radius 1 is 1.40 bits per heavy atom. The van der Waals surface area contributed by atoms with Crippen LogP contribution in [0.3, 0.4) is 0 Å². The highest BCUT2D eigenvalue weighted by Crippen LogP contribution is 2.06. The van der Waals surface area contributed by atoms with Gasteiger partial charge in [-0.05, 0) is 12.3 Å². The van der Waals surface area contributed by atoms with Crippen molar-refractivity contribution in [1.82, 2.24) is 0 Å². The average molecular weight is 143 g/mol. The molecule has 0 heterocycles. The maximum atomic E-state index is 10.1. The van der Waals surface area contributed by atoms with Crippen LogP contribution in [0.15, 0.2) is 0 Å². The summed E-state index contributed by atoms with van der Waals surface area (Å²) in [6.07, 6.45) is 3.89. The van der Waals surface area contributed by atoms with E-state index in [1.54, 1.807) is 0 Å². The summed E-state index contributed by atoms with van der Waals surface area (Å²) in [5.74, 6) is 0.721. The predicted octanol–water partition coefficient (Wildman–Crippen LogP) is 1.34. The van der Waals surface area contributed by atoms with Gasteiger partial charge in [0.15, 0.2) is 0 Å². The van der Waals surface area contributed by atoms with Crippen LogP contribution >= 0.6 is 0 Å². The lowest BCUT2D eigenvalue weighted by atomic mass is 10.0. The first kappa shape index (κ1) is 9.63. The summed E-state index contributed by atoms with van der Waals surface area (Å²) >= 11 is 0. The van der Waals surface area contributed by atoms with Gasteiger partial charge in [-0.3, -0.25) is 0 Å². The molecule has 60 valence electrons. The monoisotopic (exact) mass is 143 g/mol. The maximum Gasteiger partial charge on any atom is 0.136 e. The van der Waals surface area contributed by atoms with Crippen molar-refractivity contribution in [2.75, 3.05) is 0 Å². The standard InChI is InChI=1S/C8H17NO/c1-7(2)4-3-5-8(9)6-10/h6-8H,3-5,9H2,1-2H3/t8-/m0/s1. The average Bonchev–Trinajstić information content (AvgIpc) is 1.87. The minimum absolute atomic E-state index is 0.237. The van der Waals surface area contributed by atoms with Crippen molar-refractivity contribution in [2.24, 2.45) is 11.7 Å². The van der Waals surface area contributed by atoms with Gasteiger partial charge in [0, 0.05) is 0 Å². The van der Waals surface area contributed by atoms with Crippen molar-refractivity contribution >= 4 is 6.29 Å². The summed E-state index contributed by atoms with van der Waals surface area (Å²) in [5, 5.41) is 0. The lowest BCUT2D eigenvalue weighted by molar-refractivity contribution is -0.109. The van der Waals surface area contributed by atoms with E-state index < -0.39 is 0 Å². The van der Waals surface area contributed by atoms with Crippen LogP contribution in [0.5, 0.6) is 0 Å². The van der Waals surface area contributed by atoms with Crippen LogP contribution in [0.1, 0.15) is 33.1 Å². The van der Waals surface area contributed by atoms with Crippen LogP contribution in [-0.2, 0) is 4.79 Å². The minimum Gasteiger partial charge on any atom is -0.322 e. The van der Waals surface area contributed by atoms with Gasteiger partial charge in [-0.2, -0.15) is 0 Å². The zero-order valence-electron chi connectivity index (χ0n) is 6.84. The number of aldehydes is 1. The Morgan fingerprint density at radius 2 is 2.00 bits per heavy atom. The van der Waals surface area contributed by atoms with E-state index in [9.17, 15) is 4.79 Å². The fourth-order valence-electron chi connectivity index (χ4n) is 0.830. The topological polar surface area (TPSA) is 43.1 Å². The van der Waals surface area contributed by atoms with Gasteiger partial charge in [0.2, 0.25) is 0 Å². The predicted molar refractivity (Wildman–Crippen MR) is 42.7 cm³/mol. The third-order valence-corrected chi connectivity index (χ3v) is 1.49. The van der Waals surface area contributed by atoms with Gasteiger partial charge in [-0.25, -0.2) is 0 Å². The molecule has 0 saturated heterocycles. The molecular weight excluding hydrogens is 126 g/mol. The van der Waals surface area contributed by atoms with Crippen molar-refractivity contribution in [2.45, 2.75) is 39.2 Å². The van der Waals surface area contributed by atoms with Crippen LogP contribution in [0.2, 0.25) is 0 Å². The summed E-state index contributed by atoms with van der Waals surface area (Å²) < 4.78 is 0. The van der Waals surface area contributed by atoms with E-state index in [0.29, 0.717) is 0 Å². The van der Waals surface area contributed by atoms with Gasteiger partial charge in [0.1, 0.15) is 6.29 Å². The molecular formula is C8H17NO. The van der Waals surface area contributed by atoms with E-state index >= 15 is 0 Å². The Balaban J connectivity index is 3.11. The molecule has 0 radical (unpaired) electrons. The highest BCUT2D eigenvalue weighted by molar-refractivity contribution is 5.56. The Kier molecular flexibility index (Phi) is 5.22. The first-order valence-corrected chi connectivity index (χ1v) is 3.87. The highest BCUT2D eigenvalue weighted by atomic mass is 16.1. The van der Waals surface area contributed by atoms with Gasteiger partial charge in [-0.1, -0.05) is 26.7 Å². The largest absolute Gasteiger partial charge is 0.322 e. The normalized spacial score (nSPS) is 13.6. The molecule has 2 nitrogen and oxygen atoms in total. The fourth-order valence-corrected chi connectivity index (χ4v) is 0.830. The van der Waals surface area contributed by atoms with Crippen molar-refractivity contribution in [1.29, 1.82) is 0 Å². The summed E-state index contributed by atoms with van der Waals surface area (Å²) in [5.41, 5.74) is 5.39. The second kappa shape index (κ2) is 5.42. The molecule has 0 unspecified atom stereocenters. The first-order chi connectivity index (χ1) is 4.66.